The standard InChI is InChI=1S/C27H27ClF3N3O2/c1-26(2,3)23-13-16(6-9-33-23)20-14-32-15-21(24(20)27(29,30)31)19-5-4-17(12-22(19)28)25(36)34-10-7-18(35)8-11-34/h4-6,9,12-15,18,35H,7-8,10-11H2,1-3H3. The van der Waals surface area contributed by atoms with Gasteiger partial charge in [0.15, 0.2) is 0 Å². The molecule has 3 aromatic rings. The number of piperidine rings is 1. The van der Waals surface area contributed by atoms with Crippen LogP contribution < -0.4 is 0 Å². The largest absolute Gasteiger partial charge is 0.417 e. The number of likely N-dealkylation sites (tertiary alicyclic amines) is 1. The Bertz CT molecular complexity index is 1280. The van der Waals surface area contributed by atoms with Gasteiger partial charge in [0.05, 0.1) is 11.7 Å². The number of nitrogens with zero attached hydrogens (tertiary/aromatic N) is 3. The minimum atomic E-state index is -4.69. The molecular weight excluding hydrogens is 491 g/mol. The van der Waals surface area contributed by atoms with Crippen LogP contribution in [0.2, 0.25) is 5.02 Å². The Labute approximate surface area is 213 Å². The summed E-state index contributed by atoms with van der Waals surface area (Å²) in [5.41, 5.74) is -0.0190. The third-order valence-corrected chi connectivity index (χ3v) is 6.64. The van der Waals surface area contributed by atoms with Crippen LogP contribution in [0.3, 0.4) is 0 Å². The van der Waals surface area contributed by atoms with Crippen molar-refractivity contribution >= 4 is 17.5 Å². The predicted octanol–water partition coefficient (Wildman–Crippen LogP) is 6.38. The lowest BCUT2D eigenvalue weighted by Crippen LogP contribution is -2.40. The van der Waals surface area contributed by atoms with Crippen molar-refractivity contribution in [3.05, 3.63) is 70.8 Å². The van der Waals surface area contributed by atoms with E-state index in [1.54, 1.807) is 11.0 Å². The zero-order chi connectivity index (χ0) is 26.3. The summed E-state index contributed by atoms with van der Waals surface area (Å²) in [6.45, 7) is 6.63. The fourth-order valence-corrected chi connectivity index (χ4v) is 4.60. The van der Waals surface area contributed by atoms with Gasteiger partial charge in [-0.25, -0.2) is 0 Å². The summed E-state index contributed by atoms with van der Waals surface area (Å²) < 4.78 is 43.4. The van der Waals surface area contributed by atoms with Crippen LogP contribution in [-0.4, -0.2) is 45.1 Å². The number of halogens is 4. The Morgan fingerprint density at radius 1 is 1.03 bits per heavy atom. The molecule has 0 bridgehead atoms. The number of aliphatic hydroxyl groups excluding tert-OH is 1. The molecule has 1 aromatic carbocycles. The van der Waals surface area contributed by atoms with E-state index >= 15 is 0 Å². The molecule has 1 aliphatic rings. The van der Waals surface area contributed by atoms with Crippen LogP contribution >= 0.6 is 11.6 Å². The summed E-state index contributed by atoms with van der Waals surface area (Å²) in [5, 5.41) is 9.70. The van der Waals surface area contributed by atoms with E-state index < -0.39 is 17.8 Å². The summed E-state index contributed by atoms with van der Waals surface area (Å²) in [7, 11) is 0. The molecule has 0 radical (unpaired) electrons. The molecule has 9 heteroatoms. The molecule has 4 rings (SSSR count). The number of hydrogen-bond acceptors (Lipinski definition) is 4. The van der Waals surface area contributed by atoms with E-state index in [9.17, 15) is 23.1 Å². The number of rotatable bonds is 3. The molecule has 0 spiro atoms. The number of carbonyl (C=O) groups is 1. The molecule has 0 aliphatic carbocycles. The number of amides is 1. The van der Waals surface area contributed by atoms with Crippen molar-refractivity contribution in [2.24, 2.45) is 0 Å². The van der Waals surface area contributed by atoms with Crippen LogP contribution in [0, 0.1) is 0 Å². The zero-order valence-electron chi connectivity index (χ0n) is 20.2. The molecule has 2 aromatic heterocycles. The third kappa shape index (κ3) is 5.39. The number of alkyl halides is 3. The van der Waals surface area contributed by atoms with Gasteiger partial charge in [-0.05, 0) is 42.7 Å². The van der Waals surface area contributed by atoms with Crippen LogP contribution in [0.15, 0.2) is 48.9 Å². The van der Waals surface area contributed by atoms with E-state index in [2.05, 4.69) is 9.97 Å². The monoisotopic (exact) mass is 517 g/mol. The average Bonchev–Trinajstić information content (AvgIpc) is 2.82. The number of benzene rings is 1. The Kier molecular flexibility index (Phi) is 7.12. The van der Waals surface area contributed by atoms with Crippen LogP contribution in [-0.2, 0) is 11.6 Å². The molecule has 1 aliphatic heterocycles. The maximum atomic E-state index is 14.5. The first kappa shape index (κ1) is 26.1. The van der Waals surface area contributed by atoms with Gasteiger partial charge in [-0.2, -0.15) is 13.2 Å². The highest BCUT2D eigenvalue weighted by Crippen LogP contribution is 2.44. The van der Waals surface area contributed by atoms with E-state index in [4.69, 9.17) is 11.6 Å². The molecule has 0 atom stereocenters. The fraction of sp³-hybridized carbons (Fsp3) is 0.370. The second kappa shape index (κ2) is 9.82. The number of aromatic nitrogens is 2. The van der Waals surface area contributed by atoms with Crippen LogP contribution in [0.4, 0.5) is 13.2 Å². The summed E-state index contributed by atoms with van der Waals surface area (Å²) in [5.74, 6) is -0.273. The van der Waals surface area contributed by atoms with E-state index in [0.717, 1.165) is 6.20 Å². The van der Waals surface area contributed by atoms with Crippen molar-refractivity contribution < 1.29 is 23.1 Å². The maximum Gasteiger partial charge on any atom is 0.417 e. The van der Waals surface area contributed by atoms with Crippen molar-refractivity contribution in [2.75, 3.05) is 13.1 Å². The zero-order valence-corrected chi connectivity index (χ0v) is 21.0. The van der Waals surface area contributed by atoms with Crippen LogP contribution in [0.5, 0.6) is 0 Å². The molecule has 0 unspecified atom stereocenters. The Morgan fingerprint density at radius 2 is 1.69 bits per heavy atom. The highest BCUT2D eigenvalue weighted by atomic mass is 35.5. The van der Waals surface area contributed by atoms with E-state index in [1.807, 2.05) is 20.8 Å². The van der Waals surface area contributed by atoms with Crippen LogP contribution in [0.25, 0.3) is 22.3 Å². The molecule has 1 fully saturated rings. The minimum absolute atomic E-state index is 0.0208. The van der Waals surface area contributed by atoms with Gasteiger partial charge in [-0.15, -0.1) is 0 Å². The van der Waals surface area contributed by atoms with Gasteiger partial charge in [0.25, 0.3) is 5.91 Å². The molecule has 190 valence electrons. The maximum absolute atomic E-state index is 14.5. The lowest BCUT2D eigenvalue weighted by molar-refractivity contribution is -0.136. The lowest BCUT2D eigenvalue weighted by Gasteiger charge is -2.29. The first-order valence-electron chi connectivity index (χ1n) is 11.7. The predicted molar refractivity (Wildman–Crippen MR) is 133 cm³/mol. The second-order valence-electron chi connectivity index (χ2n) is 10.0. The summed E-state index contributed by atoms with van der Waals surface area (Å²) in [4.78, 5) is 22.9. The highest BCUT2D eigenvalue weighted by molar-refractivity contribution is 6.33. The van der Waals surface area contributed by atoms with Gasteiger partial charge < -0.3 is 10.0 Å². The lowest BCUT2D eigenvalue weighted by atomic mass is 9.88. The number of hydrogen-bond donors (Lipinski definition) is 1. The van der Waals surface area contributed by atoms with E-state index in [1.165, 1.54) is 36.7 Å². The van der Waals surface area contributed by atoms with Gasteiger partial charge in [0.1, 0.15) is 0 Å². The van der Waals surface area contributed by atoms with Gasteiger partial charge in [0, 0.05) is 70.1 Å². The van der Waals surface area contributed by atoms with E-state index in [0.29, 0.717) is 37.2 Å². The Balaban J connectivity index is 1.78. The second-order valence-corrected chi connectivity index (χ2v) is 10.4. The number of pyridine rings is 2. The summed E-state index contributed by atoms with van der Waals surface area (Å²) >= 11 is 6.46. The van der Waals surface area contributed by atoms with Crippen LogP contribution in [0.1, 0.15) is 55.2 Å². The van der Waals surface area contributed by atoms with Crippen molar-refractivity contribution in [3.63, 3.8) is 0 Å². The molecule has 1 saturated heterocycles. The number of aliphatic hydroxyl groups is 1. The Morgan fingerprint density at radius 3 is 2.31 bits per heavy atom. The molecule has 0 saturated carbocycles. The van der Waals surface area contributed by atoms with Gasteiger partial charge in [-0.1, -0.05) is 38.4 Å². The first-order valence-corrected chi connectivity index (χ1v) is 12.0. The van der Waals surface area contributed by atoms with Gasteiger partial charge in [0.2, 0.25) is 0 Å². The molecule has 5 nitrogen and oxygen atoms in total. The fourth-order valence-electron chi connectivity index (χ4n) is 4.32. The Hall–Kier alpha value is -2.97. The quantitative estimate of drug-likeness (QED) is 0.438. The molecule has 36 heavy (non-hydrogen) atoms. The van der Waals surface area contributed by atoms with Crippen molar-refractivity contribution in [1.29, 1.82) is 0 Å². The molecule has 3 heterocycles. The molecule has 1 amide bonds. The molecule has 1 N–H and O–H groups in total. The summed E-state index contributed by atoms with van der Waals surface area (Å²) in [6, 6.07) is 7.48. The topological polar surface area (TPSA) is 66.3 Å². The van der Waals surface area contributed by atoms with Crippen molar-refractivity contribution in [3.8, 4) is 22.3 Å². The number of carbonyl (C=O) groups excluding carboxylic acids is 1. The normalized spacial score (nSPS) is 15.3. The van der Waals surface area contributed by atoms with Crippen molar-refractivity contribution in [2.45, 2.75) is 51.3 Å². The van der Waals surface area contributed by atoms with Gasteiger partial charge in [-0.3, -0.25) is 14.8 Å². The highest BCUT2D eigenvalue weighted by Gasteiger charge is 2.38. The third-order valence-electron chi connectivity index (χ3n) is 6.33. The summed E-state index contributed by atoms with van der Waals surface area (Å²) in [6.07, 6.45) is -0.313. The SMILES string of the molecule is CC(C)(C)c1cc(-c2cncc(-c3ccc(C(=O)N4CCC(O)CC4)cc3Cl)c2C(F)(F)F)ccn1. The van der Waals surface area contributed by atoms with Crippen molar-refractivity contribution in [1.82, 2.24) is 14.9 Å². The van der Waals surface area contributed by atoms with E-state index in [-0.39, 0.29) is 38.6 Å². The van der Waals surface area contributed by atoms with Gasteiger partial charge >= 0.3 is 6.18 Å². The minimum Gasteiger partial charge on any atom is -0.393 e. The first-order chi connectivity index (χ1) is 16.9. The average molecular weight is 518 g/mol. The molecular formula is C27H27ClF3N3O2. The smallest absolute Gasteiger partial charge is 0.393 e.